The number of hydrogen-bond donors (Lipinski definition) is 2. The highest BCUT2D eigenvalue weighted by atomic mass is 16.5. The van der Waals surface area contributed by atoms with E-state index in [9.17, 15) is 14.4 Å². The number of hydrogen-bond acceptors (Lipinski definition) is 5. The van der Waals surface area contributed by atoms with E-state index < -0.39 is 11.9 Å². The van der Waals surface area contributed by atoms with Gasteiger partial charge in [0, 0.05) is 17.7 Å². The topological polar surface area (TPSA) is 93.7 Å². The minimum Gasteiger partial charge on any atom is -0.463 e. The third-order valence-electron chi connectivity index (χ3n) is 1.98. The van der Waals surface area contributed by atoms with Crippen LogP contribution in [0.15, 0.2) is 12.2 Å². The van der Waals surface area contributed by atoms with Crippen LogP contribution in [0.5, 0.6) is 0 Å². The maximum Gasteiger partial charge on any atom is 0.331 e. The zero-order valence-corrected chi connectivity index (χ0v) is 13.2. The lowest BCUT2D eigenvalue weighted by molar-refractivity contribution is -0.140. The number of nitrogens with one attached hydrogen (secondary N) is 2. The number of ether oxygens (including phenoxy) is 2. The Labute approximate surface area is 125 Å². The lowest BCUT2D eigenvalue weighted by Gasteiger charge is -2.22. The lowest BCUT2D eigenvalue weighted by Crippen LogP contribution is -2.49. The molecule has 0 bridgehead atoms. The number of carbonyl (C=O) groups excluding carboxylic acids is 3. The Morgan fingerprint density at radius 1 is 1.10 bits per heavy atom. The van der Waals surface area contributed by atoms with Crippen molar-refractivity contribution in [3.8, 4) is 0 Å². The molecule has 0 aliphatic rings. The van der Waals surface area contributed by atoms with E-state index in [0.717, 1.165) is 12.2 Å². The molecule has 120 valence electrons. The van der Waals surface area contributed by atoms with E-state index >= 15 is 0 Å². The molecular formula is C14H24N2O5. The summed E-state index contributed by atoms with van der Waals surface area (Å²) >= 11 is 0. The smallest absolute Gasteiger partial charge is 0.331 e. The van der Waals surface area contributed by atoms with Crippen LogP contribution in [0.25, 0.3) is 0 Å². The number of rotatable bonds is 6. The second kappa shape index (κ2) is 8.99. The third-order valence-corrected chi connectivity index (χ3v) is 1.98. The summed E-state index contributed by atoms with van der Waals surface area (Å²) in [5, 5.41) is 5.36. The Morgan fingerprint density at radius 3 is 2.10 bits per heavy atom. The average Bonchev–Trinajstić information content (AvgIpc) is 2.31. The SMILES string of the molecule is CCOC(=O)/C=C/C(=O)OC[C@@H](C)NC(=O)NC(C)(C)C. The van der Waals surface area contributed by atoms with Crippen molar-refractivity contribution in [2.24, 2.45) is 0 Å². The van der Waals surface area contributed by atoms with Gasteiger partial charge >= 0.3 is 18.0 Å². The van der Waals surface area contributed by atoms with E-state index in [0.29, 0.717) is 0 Å². The van der Waals surface area contributed by atoms with Gasteiger partial charge in [-0.25, -0.2) is 14.4 Å². The van der Waals surface area contributed by atoms with Gasteiger partial charge in [0.1, 0.15) is 6.61 Å². The van der Waals surface area contributed by atoms with Gasteiger partial charge in [-0.2, -0.15) is 0 Å². The van der Waals surface area contributed by atoms with Crippen molar-refractivity contribution in [3.05, 3.63) is 12.2 Å². The number of urea groups is 1. The first-order valence-corrected chi connectivity index (χ1v) is 6.74. The zero-order valence-electron chi connectivity index (χ0n) is 13.2. The van der Waals surface area contributed by atoms with Gasteiger partial charge in [-0.15, -0.1) is 0 Å². The molecule has 1 atom stereocenters. The molecule has 0 saturated carbocycles. The van der Waals surface area contributed by atoms with Gasteiger partial charge in [0.15, 0.2) is 0 Å². The first-order valence-electron chi connectivity index (χ1n) is 6.74. The molecule has 0 spiro atoms. The quantitative estimate of drug-likeness (QED) is 0.566. The summed E-state index contributed by atoms with van der Waals surface area (Å²) in [4.78, 5) is 33.9. The molecule has 0 saturated heterocycles. The van der Waals surface area contributed by atoms with E-state index in [2.05, 4.69) is 15.4 Å². The standard InChI is InChI=1S/C14H24N2O5/c1-6-20-11(17)7-8-12(18)21-9-10(2)15-13(19)16-14(3,4)5/h7-8,10H,6,9H2,1-5H3,(H2,15,16,19)/b8-7+/t10-/m1/s1. The van der Waals surface area contributed by atoms with E-state index in [4.69, 9.17) is 4.74 Å². The van der Waals surface area contributed by atoms with Crippen LogP contribution in [0, 0.1) is 0 Å². The van der Waals surface area contributed by atoms with Crippen molar-refractivity contribution in [2.45, 2.75) is 46.2 Å². The predicted molar refractivity (Wildman–Crippen MR) is 77.6 cm³/mol. The Bertz CT molecular complexity index is 399. The maximum absolute atomic E-state index is 11.6. The molecule has 0 fully saturated rings. The lowest BCUT2D eigenvalue weighted by atomic mass is 10.1. The van der Waals surface area contributed by atoms with Crippen LogP contribution < -0.4 is 10.6 Å². The average molecular weight is 300 g/mol. The molecule has 2 amide bonds. The Morgan fingerprint density at radius 2 is 1.62 bits per heavy atom. The molecule has 21 heavy (non-hydrogen) atoms. The second-order valence-corrected chi connectivity index (χ2v) is 5.46. The molecule has 0 unspecified atom stereocenters. The van der Waals surface area contributed by atoms with Crippen molar-refractivity contribution in [2.75, 3.05) is 13.2 Å². The van der Waals surface area contributed by atoms with Crippen molar-refractivity contribution in [3.63, 3.8) is 0 Å². The minimum atomic E-state index is -0.673. The van der Waals surface area contributed by atoms with Gasteiger partial charge in [0.2, 0.25) is 0 Å². The first-order chi connectivity index (χ1) is 9.64. The summed E-state index contributed by atoms with van der Waals surface area (Å²) < 4.78 is 9.51. The summed E-state index contributed by atoms with van der Waals surface area (Å²) in [6, 6.07) is -0.694. The minimum absolute atomic E-state index is 0.00353. The second-order valence-electron chi connectivity index (χ2n) is 5.46. The monoisotopic (exact) mass is 300 g/mol. The third kappa shape index (κ3) is 11.5. The summed E-state index contributed by atoms with van der Waals surface area (Å²) in [5.74, 6) is -1.28. The highest BCUT2D eigenvalue weighted by molar-refractivity contribution is 5.91. The van der Waals surface area contributed by atoms with E-state index in [1.54, 1.807) is 13.8 Å². The van der Waals surface area contributed by atoms with Crippen molar-refractivity contribution < 1.29 is 23.9 Å². The van der Waals surface area contributed by atoms with Crippen LogP contribution in [0.4, 0.5) is 4.79 Å². The zero-order chi connectivity index (χ0) is 16.5. The van der Waals surface area contributed by atoms with Gasteiger partial charge in [-0.3, -0.25) is 0 Å². The van der Waals surface area contributed by atoms with Crippen LogP contribution in [0.1, 0.15) is 34.6 Å². The summed E-state index contributed by atoms with van der Waals surface area (Å²) in [6.45, 7) is 9.18. The Kier molecular flexibility index (Phi) is 8.11. The molecule has 0 aliphatic carbocycles. The van der Waals surface area contributed by atoms with Crippen LogP contribution in [-0.2, 0) is 19.1 Å². The molecule has 2 N–H and O–H groups in total. The van der Waals surface area contributed by atoms with Crippen molar-refractivity contribution in [1.29, 1.82) is 0 Å². The fourth-order valence-electron chi connectivity index (χ4n) is 1.22. The fraction of sp³-hybridized carbons (Fsp3) is 0.643. The fourth-order valence-corrected chi connectivity index (χ4v) is 1.22. The largest absolute Gasteiger partial charge is 0.463 e. The summed E-state index contributed by atoms with van der Waals surface area (Å²) in [6.07, 6.45) is 1.98. The molecule has 0 rings (SSSR count). The number of amides is 2. The van der Waals surface area contributed by atoms with E-state index in [1.807, 2.05) is 20.8 Å². The highest BCUT2D eigenvalue weighted by Gasteiger charge is 2.15. The van der Waals surface area contributed by atoms with Gasteiger partial charge in [-0.05, 0) is 34.6 Å². The van der Waals surface area contributed by atoms with Crippen LogP contribution in [0.3, 0.4) is 0 Å². The normalized spacial score (nSPS) is 12.6. The molecule has 0 heterocycles. The molecular weight excluding hydrogens is 276 g/mol. The summed E-state index contributed by atoms with van der Waals surface area (Å²) in [5.41, 5.74) is -0.344. The van der Waals surface area contributed by atoms with Gasteiger partial charge in [-0.1, -0.05) is 0 Å². The van der Waals surface area contributed by atoms with Crippen LogP contribution in [0.2, 0.25) is 0 Å². The molecule has 7 nitrogen and oxygen atoms in total. The Balaban J connectivity index is 4.02. The van der Waals surface area contributed by atoms with Crippen LogP contribution >= 0.6 is 0 Å². The van der Waals surface area contributed by atoms with Crippen molar-refractivity contribution >= 4 is 18.0 Å². The molecule has 0 aromatic rings. The van der Waals surface area contributed by atoms with E-state index in [1.165, 1.54) is 0 Å². The maximum atomic E-state index is 11.6. The Hall–Kier alpha value is -2.05. The molecule has 0 aliphatic heterocycles. The predicted octanol–water partition coefficient (Wildman–Crippen LogP) is 1.14. The molecule has 0 aromatic carbocycles. The summed E-state index contributed by atoms with van der Waals surface area (Å²) in [7, 11) is 0. The molecule has 7 heteroatoms. The number of carbonyl (C=O) groups is 3. The van der Waals surface area contributed by atoms with Crippen molar-refractivity contribution in [1.82, 2.24) is 10.6 Å². The molecule has 0 aromatic heterocycles. The van der Waals surface area contributed by atoms with Gasteiger partial charge in [0.25, 0.3) is 0 Å². The molecule has 0 radical (unpaired) electrons. The van der Waals surface area contributed by atoms with Gasteiger partial charge in [0.05, 0.1) is 12.6 Å². The first kappa shape index (κ1) is 18.9. The number of esters is 2. The van der Waals surface area contributed by atoms with Crippen LogP contribution in [-0.4, -0.2) is 42.8 Å². The van der Waals surface area contributed by atoms with E-state index in [-0.39, 0.29) is 30.8 Å². The highest BCUT2D eigenvalue weighted by Crippen LogP contribution is 1.98. The van der Waals surface area contributed by atoms with Gasteiger partial charge < -0.3 is 20.1 Å².